The molecule has 1 heterocycles. The topological polar surface area (TPSA) is 61.3 Å². The summed E-state index contributed by atoms with van der Waals surface area (Å²) in [6.45, 7) is 0. The second-order valence-corrected chi connectivity index (χ2v) is 4.57. The van der Waals surface area contributed by atoms with Gasteiger partial charge in [0.05, 0.1) is 25.4 Å². The molecule has 0 aliphatic heterocycles. The van der Waals surface area contributed by atoms with Crippen molar-refractivity contribution in [2.75, 3.05) is 14.2 Å². The van der Waals surface area contributed by atoms with E-state index in [2.05, 4.69) is 9.97 Å². The third kappa shape index (κ3) is 2.84. The second kappa shape index (κ2) is 6.07. The van der Waals surface area contributed by atoms with Crippen molar-refractivity contribution in [3.8, 4) is 11.8 Å². The molecule has 7 heteroatoms. The first-order chi connectivity index (χ1) is 9.56. The standard InChI is InChI=1S/C13H10Cl2N2O3/c1-19-10-6-16-11(13(17-10)20-2)12(18)8-4-3-7(14)5-9(8)15/h3-6H,1-2H3. The van der Waals surface area contributed by atoms with E-state index in [1.807, 2.05) is 0 Å². The average molecular weight is 313 g/mol. The number of nitrogens with zero attached hydrogens (tertiary/aromatic N) is 2. The van der Waals surface area contributed by atoms with Crippen LogP contribution in [0.15, 0.2) is 24.4 Å². The summed E-state index contributed by atoms with van der Waals surface area (Å²) in [4.78, 5) is 20.4. The highest BCUT2D eigenvalue weighted by atomic mass is 35.5. The highest BCUT2D eigenvalue weighted by Crippen LogP contribution is 2.26. The van der Waals surface area contributed by atoms with Gasteiger partial charge in [-0.1, -0.05) is 23.2 Å². The first kappa shape index (κ1) is 14.6. The van der Waals surface area contributed by atoms with Gasteiger partial charge >= 0.3 is 0 Å². The Morgan fingerprint density at radius 3 is 2.55 bits per heavy atom. The van der Waals surface area contributed by atoms with Crippen molar-refractivity contribution in [1.82, 2.24) is 9.97 Å². The van der Waals surface area contributed by atoms with Crippen LogP contribution in [0.2, 0.25) is 10.0 Å². The number of carbonyl (C=O) groups excluding carboxylic acids is 1. The van der Waals surface area contributed by atoms with Gasteiger partial charge in [0, 0.05) is 10.6 Å². The highest BCUT2D eigenvalue weighted by Gasteiger charge is 2.20. The van der Waals surface area contributed by atoms with E-state index < -0.39 is 5.78 Å². The van der Waals surface area contributed by atoms with E-state index in [-0.39, 0.29) is 28.0 Å². The third-order valence-electron chi connectivity index (χ3n) is 2.51. The van der Waals surface area contributed by atoms with Gasteiger partial charge in [-0.15, -0.1) is 0 Å². The molecule has 1 aromatic carbocycles. The molecule has 0 atom stereocenters. The van der Waals surface area contributed by atoms with E-state index >= 15 is 0 Å². The molecule has 0 N–H and O–H groups in total. The molecule has 2 aromatic rings. The molecule has 0 fully saturated rings. The van der Waals surface area contributed by atoms with Gasteiger partial charge in [0.15, 0.2) is 5.69 Å². The largest absolute Gasteiger partial charge is 0.480 e. The van der Waals surface area contributed by atoms with Crippen molar-refractivity contribution in [3.63, 3.8) is 0 Å². The SMILES string of the molecule is COc1cnc(C(=O)c2ccc(Cl)cc2Cl)c(OC)n1. The molecule has 0 spiro atoms. The number of aromatic nitrogens is 2. The normalized spacial score (nSPS) is 10.2. The number of carbonyl (C=O) groups is 1. The fourth-order valence-electron chi connectivity index (χ4n) is 1.55. The van der Waals surface area contributed by atoms with Gasteiger partial charge in [0.1, 0.15) is 0 Å². The Morgan fingerprint density at radius 1 is 1.20 bits per heavy atom. The zero-order valence-corrected chi connectivity index (χ0v) is 12.2. The molecule has 0 radical (unpaired) electrons. The van der Waals surface area contributed by atoms with E-state index in [0.717, 1.165) is 0 Å². The monoisotopic (exact) mass is 312 g/mol. The number of methoxy groups -OCH3 is 2. The maximum absolute atomic E-state index is 12.4. The van der Waals surface area contributed by atoms with E-state index in [4.69, 9.17) is 32.7 Å². The van der Waals surface area contributed by atoms with Crippen molar-refractivity contribution in [2.45, 2.75) is 0 Å². The maximum Gasteiger partial charge on any atom is 0.247 e. The van der Waals surface area contributed by atoms with E-state index in [1.165, 1.54) is 32.5 Å². The molecule has 0 saturated carbocycles. The number of hydrogen-bond donors (Lipinski definition) is 0. The number of rotatable bonds is 4. The van der Waals surface area contributed by atoms with Crippen LogP contribution in [-0.4, -0.2) is 30.0 Å². The molecule has 0 saturated heterocycles. The molecule has 0 aliphatic carbocycles. The molecular weight excluding hydrogens is 303 g/mol. The number of hydrogen-bond acceptors (Lipinski definition) is 5. The lowest BCUT2D eigenvalue weighted by molar-refractivity contribution is 0.103. The van der Waals surface area contributed by atoms with Gasteiger partial charge < -0.3 is 9.47 Å². The number of halogens is 2. The summed E-state index contributed by atoms with van der Waals surface area (Å²) < 4.78 is 9.98. The Morgan fingerprint density at radius 2 is 1.95 bits per heavy atom. The lowest BCUT2D eigenvalue weighted by Gasteiger charge is -2.08. The van der Waals surface area contributed by atoms with Crippen LogP contribution in [0.3, 0.4) is 0 Å². The molecule has 20 heavy (non-hydrogen) atoms. The Bertz CT molecular complexity index is 662. The first-order valence-corrected chi connectivity index (χ1v) is 6.27. The van der Waals surface area contributed by atoms with E-state index in [1.54, 1.807) is 6.07 Å². The summed E-state index contributed by atoms with van der Waals surface area (Å²) in [5.41, 5.74) is 0.325. The minimum Gasteiger partial charge on any atom is -0.480 e. The zero-order valence-electron chi connectivity index (χ0n) is 10.7. The molecule has 104 valence electrons. The summed E-state index contributed by atoms with van der Waals surface area (Å²) in [6.07, 6.45) is 1.33. The summed E-state index contributed by atoms with van der Waals surface area (Å²) in [5, 5.41) is 0.682. The molecule has 2 rings (SSSR count). The van der Waals surface area contributed by atoms with Crippen molar-refractivity contribution < 1.29 is 14.3 Å². The Kier molecular flexibility index (Phi) is 4.42. The van der Waals surface area contributed by atoms with Crippen LogP contribution in [0.25, 0.3) is 0 Å². The van der Waals surface area contributed by atoms with Crippen LogP contribution in [0, 0.1) is 0 Å². The van der Waals surface area contributed by atoms with Gasteiger partial charge in [-0.25, -0.2) is 4.98 Å². The van der Waals surface area contributed by atoms with Gasteiger partial charge in [-0.3, -0.25) is 4.79 Å². The van der Waals surface area contributed by atoms with Crippen LogP contribution in [0.4, 0.5) is 0 Å². The van der Waals surface area contributed by atoms with Crippen molar-refractivity contribution in [3.05, 3.63) is 45.7 Å². The Hall–Kier alpha value is -1.85. The minimum absolute atomic E-state index is 0.0533. The third-order valence-corrected chi connectivity index (χ3v) is 3.06. The average Bonchev–Trinajstić information content (AvgIpc) is 2.46. The number of ether oxygens (including phenoxy) is 2. The van der Waals surface area contributed by atoms with Crippen molar-refractivity contribution >= 4 is 29.0 Å². The van der Waals surface area contributed by atoms with Gasteiger partial charge in [-0.05, 0) is 18.2 Å². The second-order valence-electron chi connectivity index (χ2n) is 3.72. The number of benzene rings is 1. The summed E-state index contributed by atoms with van der Waals surface area (Å²) in [7, 11) is 2.84. The molecular formula is C13H10Cl2N2O3. The minimum atomic E-state index is -0.404. The van der Waals surface area contributed by atoms with Gasteiger partial charge in [-0.2, -0.15) is 4.98 Å². The predicted molar refractivity (Wildman–Crippen MR) is 75.0 cm³/mol. The number of ketones is 1. The fraction of sp³-hybridized carbons (Fsp3) is 0.154. The summed E-state index contributed by atoms with van der Waals surface area (Å²) >= 11 is 11.8. The molecule has 0 amide bonds. The lowest BCUT2D eigenvalue weighted by Crippen LogP contribution is -2.09. The van der Waals surface area contributed by atoms with Crippen LogP contribution in [-0.2, 0) is 0 Å². The Labute approximate surface area is 125 Å². The van der Waals surface area contributed by atoms with Gasteiger partial charge in [0.25, 0.3) is 0 Å². The zero-order chi connectivity index (χ0) is 14.7. The van der Waals surface area contributed by atoms with Crippen molar-refractivity contribution in [2.24, 2.45) is 0 Å². The summed E-state index contributed by atoms with van der Waals surface area (Å²) in [5.74, 6) is -0.0837. The van der Waals surface area contributed by atoms with Crippen LogP contribution < -0.4 is 9.47 Å². The fourth-order valence-corrected chi connectivity index (χ4v) is 2.05. The summed E-state index contributed by atoms with van der Waals surface area (Å²) in [6, 6.07) is 4.59. The van der Waals surface area contributed by atoms with Crippen LogP contribution in [0.5, 0.6) is 11.8 Å². The molecule has 0 bridgehead atoms. The Balaban J connectivity index is 2.47. The maximum atomic E-state index is 12.4. The molecule has 0 aliphatic rings. The van der Waals surface area contributed by atoms with Crippen molar-refractivity contribution in [1.29, 1.82) is 0 Å². The molecule has 0 unspecified atom stereocenters. The van der Waals surface area contributed by atoms with E-state index in [9.17, 15) is 4.79 Å². The first-order valence-electron chi connectivity index (χ1n) is 5.51. The highest BCUT2D eigenvalue weighted by molar-refractivity contribution is 6.37. The molecule has 1 aromatic heterocycles. The molecule has 5 nitrogen and oxygen atoms in total. The lowest BCUT2D eigenvalue weighted by atomic mass is 10.1. The van der Waals surface area contributed by atoms with E-state index in [0.29, 0.717) is 5.02 Å². The predicted octanol–water partition coefficient (Wildman–Crippen LogP) is 3.03. The van der Waals surface area contributed by atoms with Crippen LogP contribution in [0.1, 0.15) is 16.1 Å². The smallest absolute Gasteiger partial charge is 0.247 e. The van der Waals surface area contributed by atoms with Crippen LogP contribution >= 0.6 is 23.2 Å². The van der Waals surface area contributed by atoms with Gasteiger partial charge in [0.2, 0.25) is 17.5 Å². The quantitative estimate of drug-likeness (QED) is 0.812.